The molecule has 0 aliphatic heterocycles. The van der Waals surface area contributed by atoms with E-state index in [0.717, 1.165) is 11.8 Å². The number of ether oxygens (including phenoxy) is 4. The normalized spacial score (nSPS) is 10.5. The van der Waals surface area contributed by atoms with E-state index < -0.39 is 0 Å². The van der Waals surface area contributed by atoms with E-state index in [1.165, 1.54) is 28.4 Å². The highest BCUT2D eigenvalue weighted by Gasteiger charge is 2.19. The van der Waals surface area contributed by atoms with Crippen molar-refractivity contribution in [1.82, 2.24) is 10.2 Å². The van der Waals surface area contributed by atoms with E-state index in [1.54, 1.807) is 30.3 Å². The van der Waals surface area contributed by atoms with Gasteiger partial charge in [-0.25, -0.2) is 0 Å². The molecule has 0 amide bonds. The fraction of sp³-hybridized carbons (Fsp3) is 0.250. The van der Waals surface area contributed by atoms with Crippen LogP contribution < -0.4 is 18.9 Å². The van der Waals surface area contributed by atoms with Crippen LogP contribution in [0.5, 0.6) is 23.0 Å². The zero-order valence-corrected chi connectivity index (χ0v) is 17.2. The molecule has 0 fully saturated rings. The number of aromatic nitrogens is 2. The molecule has 2 aromatic carbocycles. The van der Waals surface area contributed by atoms with Gasteiger partial charge >= 0.3 is 0 Å². The van der Waals surface area contributed by atoms with Gasteiger partial charge in [0.1, 0.15) is 5.75 Å². The zero-order chi connectivity index (χ0) is 20.8. The van der Waals surface area contributed by atoms with Crippen molar-refractivity contribution in [2.24, 2.45) is 0 Å². The Morgan fingerprint density at radius 1 is 0.931 bits per heavy atom. The van der Waals surface area contributed by atoms with Crippen LogP contribution in [-0.2, 0) is 0 Å². The minimum atomic E-state index is -0.0972. The van der Waals surface area contributed by atoms with Crippen LogP contribution >= 0.6 is 11.8 Å². The third-order valence-electron chi connectivity index (χ3n) is 4.05. The molecule has 0 spiro atoms. The lowest BCUT2D eigenvalue weighted by atomic mass is 10.1. The summed E-state index contributed by atoms with van der Waals surface area (Å²) in [6, 6.07) is 10.5. The monoisotopic (exact) mass is 416 g/mol. The molecule has 3 aromatic rings. The number of benzene rings is 2. The summed E-state index contributed by atoms with van der Waals surface area (Å²) in [5.41, 5.74) is 1.11. The molecule has 0 atom stereocenters. The van der Waals surface area contributed by atoms with Crippen LogP contribution in [0.25, 0.3) is 11.5 Å². The number of ketones is 1. The lowest BCUT2D eigenvalue weighted by Crippen LogP contribution is -2.04. The van der Waals surface area contributed by atoms with Gasteiger partial charge in [-0.15, -0.1) is 10.2 Å². The molecule has 0 radical (unpaired) electrons. The number of para-hydroxylation sites is 1. The summed E-state index contributed by atoms with van der Waals surface area (Å²) in [6.45, 7) is 0. The maximum atomic E-state index is 12.5. The first-order valence-corrected chi connectivity index (χ1v) is 9.52. The Hall–Kier alpha value is -3.20. The molecule has 1 aromatic heterocycles. The first kappa shape index (κ1) is 20.5. The van der Waals surface area contributed by atoms with E-state index in [1.807, 2.05) is 6.07 Å². The van der Waals surface area contributed by atoms with Crippen molar-refractivity contribution in [2.45, 2.75) is 5.22 Å². The van der Waals surface area contributed by atoms with Gasteiger partial charge in [0.05, 0.1) is 39.8 Å². The summed E-state index contributed by atoms with van der Waals surface area (Å²) in [5, 5.41) is 8.33. The van der Waals surface area contributed by atoms with Crippen LogP contribution in [0.4, 0.5) is 0 Å². The molecule has 0 bridgehead atoms. The average Bonchev–Trinajstić information content (AvgIpc) is 3.25. The number of carbonyl (C=O) groups is 1. The summed E-state index contributed by atoms with van der Waals surface area (Å²) < 4.78 is 26.9. The fourth-order valence-corrected chi connectivity index (χ4v) is 3.32. The number of rotatable bonds is 9. The summed E-state index contributed by atoms with van der Waals surface area (Å²) >= 11 is 1.15. The van der Waals surface area contributed by atoms with Crippen LogP contribution in [0, 0.1) is 0 Å². The number of thioether (sulfide) groups is 1. The molecule has 0 aliphatic rings. The molecule has 9 heteroatoms. The largest absolute Gasteiger partial charge is 0.496 e. The van der Waals surface area contributed by atoms with E-state index in [9.17, 15) is 4.79 Å². The van der Waals surface area contributed by atoms with E-state index >= 15 is 0 Å². The number of carbonyl (C=O) groups excluding carboxylic acids is 1. The Bertz CT molecular complexity index is 979. The number of methoxy groups -OCH3 is 4. The molecule has 3 rings (SSSR count). The Kier molecular flexibility index (Phi) is 6.61. The predicted octanol–water partition coefficient (Wildman–Crippen LogP) is 3.75. The van der Waals surface area contributed by atoms with Gasteiger partial charge in [0.2, 0.25) is 11.6 Å². The first-order chi connectivity index (χ1) is 14.1. The average molecular weight is 416 g/mol. The Balaban J connectivity index is 1.77. The van der Waals surface area contributed by atoms with Crippen LogP contribution in [0.2, 0.25) is 0 Å². The topological polar surface area (TPSA) is 92.9 Å². The van der Waals surface area contributed by atoms with Crippen LogP contribution in [0.3, 0.4) is 0 Å². The number of nitrogens with zero attached hydrogens (tertiary/aromatic N) is 2. The van der Waals surface area contributed by atoms with Gasteiger partial charge in [0.15, 0.2) is 17.3 Å². The van der Waals surface area contributed by atoms with Gasteiger partial charge < -0.3 is 23.4 Å². The fourth-order valence-electron chi connectivity index (χ4n) is 2.67. The molecule has 0 N–H and O–H groups in total. The van der Waals surface area contributed by atoms with Crippen molar-refractivity contribution in [1.29, 1.82) is 0 Å². The van der Waals surface area contributed by atoms with E-state index in [4.69, 9.17) is 23.4 Å². The third-order valence-corrected chi connectivity index (χ3v) is 4.87. The zero-order valence-electron chi connectivity index (χ0n) is 16.4. The summed E-state index contributed by atoms with van der Waals surface area (Å²) in [5.74, 6) is 2.26. The highest BCUT2D eigenvalue weighted by molar-refractivity contribution is 7.99. The third kappa shape index (κ3) is 4.45. The highest BCUT2D eigenvalue weighted by Crippen LogP contribution is 2.41. The standard InChI is InChI=1S/C20H20N2O6S/c1-24-15-8-6-5-7-13(15)14(23)11-29-20-22-21-19(28-20)12-9-16(25-2)18(27-4)17(10-12)26-3/h5-10H,11H2,1-4H3. The smallest absolute Gasteiger partial charge is 0.277 e. The quantitative estimate of drug-likeness (QED) is 0.382. The van der Waals surface area contributed by atoms with Crippen LogP contribution in [-0.4, -0.2) is 50.2 Å². The summed E-state index contributed by atoms with van der Waals surface area (Å²) in [6.07, 6.45) is 0. The highest BCUT2D eigenvalue weighted by atomic mass is 32.2. The SMILES string of the molecule is COc1ccccc1C(=O)CSc1nnc(-c2cc(OC)c(OC)c(OC)c2)o1. The maximum absolute atomic E-state index is 12.5. The lowest BCUT2D eigenvalue weighted by Gasteiger charge is -2.12. The van der Waals surface area contributed by atoms with Crippen molar-refractivity contribution < 1.29 is 28.2 Å². The van der Waals surface area contributed by atoms with Crippen LogP contribution in [0.15, 0.2) is 46.0 Å². The molecule has 0 aliphatic carbocycles. The molecular formula is C20H20N2O6S. The first-order valence-electron chi connectivity index (χ1n) is 8.54. The Morgan fingerprint density at radius 2 is 1.59 bits per heavy atom. The molecule has 1 heterocycles. The minimum Gasteiger partial charge on any atom is -0.496 e. The second-order valence-corrected chi connectivity index (χ2v) is 6.63. The van der Waals surface area contributed by atoms with Gasteiger partial charge in [-0.2, -0.15) is 0 Å². The van der Waals surface area contributed by atoms with Crippen LogP contribution in [0.1, 0.15) is 10.4 Å². The minimum absolute atomic E-state index is 0.0972. The molecule has 0 saturated heterocycles. The van der Waals surface area contributed by atoms with E-state index in [-0.39, 0.29) is 22.6 Å². The van der Waals surface area contributed by atoms with Gasteiger partial charge in [0.25, 0.3) is 5.22 Å². The molecule has 29 heavy (non-hydrogen) atoms. The second-order valence-electron chi connectivity index (χ2n) is 5.70. The maximum Gasteiger partial charge on any atom is 0.277 e. The van der Waals surface area contributed by atoms with Gasteiger partial charge in [-0.05, 0) is 24.3 Å². The van der Waals surface area contributed by atoms with Crippen molar-refractivity contribution >= 4 is 17.5 Å². The number of hydrogen-bond acceptors (Lipinski definition) is 9. The summed E-state index contributed by atoms with van der Waals surface area (Å²) in [4.78, 5) is 12.5. The second kappa shape index (κ2) is 9.33. The van der Waals surface area contributed by atoms with Crippen molar-refractivity contribution in [3.8, 4) is 34.5 Å². The van der Waals surface area contributed by atoms with Crippen molar-refractivity contribution in [2.75, 3.05) is 34.2 Å². The lowest BCUT2D eigenvalue weighted by molar-refractivity contribution is 0.101. The van der Waals surface area contributed by atoms with Crippen molar-refractivity contribution in [3.05, 3.63) is 42.0 Å². The number of hydrogen-bond donors (Lipinski definition) is 0. The van der Waals surface area contributed by atoms with Gasteiger partial charge in [-0.1, -0.05) is 23.9 Å². The summed E-state index contributed by atoms with van der Waals surface area (Å²) in [7, 11) is 6.11. The predicted molar refractivity (Wildman–Crippen MR) is 107 cm³/mol. The van der Waals surface area contributed by atoms with Gasteiger partial charge in [0, 0.05) is 5.56 Å². The molecule has 0 saturated carbocycles. The molecular weight excluding hydrogens is 396 g/mol. The van der Waals surface area contributed by atoms with E-state index in [0.29, 0.717) is 34.1 Å². The van der Waals surface area contributed by atoms with Crippen molar-refractivity contribution in [3.63, 3.8) is 0 Å². The molecule has 0 unspecified atom stereocenters. The van der Waals surface area contributed by atoms with Gasteiger partial charge in [-0.3, -0.25) is 4.79 Å². The Labute approximate surface area is 172 Å². The Morgan fingerprint density at radius 3 is 2.21 bits per heavy atom. The number of Topliss-reactive ketones (excluding diaryl/α,β-unsaturated/α-hetero) is 1. The molecule has 8 nitrogen and oxygen atoms in total. The molecule has 152 valence electrons. The van der Waals surface area contributed by atoms with E-state index in [2.05, 4.69) is 10.2 Å².